The Labute approximate surface area is 127 Å². The predicted octanol–water partition coefficient (Wildman–Crippen LogP) is 2.91. The van der Waals surface area contributed by atoms with E-state index in [1.807, 2.05) is 36.4 Å². The Bertz CT molecular complexity index is 829. The molecule has 0 aliphatic heterocycles. The minimum Gasteiger partial charge on any atom is -0.267 e. The molecule has 108 valence electrons. The minimum atomic E-state index is -0.352. The van der Waals surface area contributed by atoms with Gasteiger partial charge in [-0.1, -0.05) is 48.5 Å². The molecule has 2 N–H and O–H groups in total. The van der Waals surface area contributed by atoms with Crippen LogP contribution in [0.4, 0.5) is 0 Å². The highest BCUT2D eigenvalue weighted by Gasteiger charge is 2.09. The first-order chi connectivity index (χ1) is 10.7. The first-order valence-corrected chi connectivity index (χ1v) is 6.88. The summed E-state index contributed by atoms with van der Waals surface area (Å²) in [6.45, 7) is 0. The fourth-order valence-corrected chi connectivity index (χ4v) is 2.18. The van der Waals surface area contributed by atoms with E-state index in [9.17, 15) is 9.59 Å². The smallest absolute Gasteiger partial charge is 0.267 e. The lowest BCUT2D eigenvalue weighted by Gasteiger charge is -2.08. The zero-order valence-corrected chi connectivity index (χ0v) is 11.7. The predicted molar refractivity (Wildman–Crippen MR) is 85.3 cm³/mol. The third kappa shape index (κ3) is 2.96. The van der Waals surface area contributed by atoms with Crippen molar-refractivity contribution in [3.63, 3.8) is 0 Å². The van der Waals surface area contributed by atoms with E-state index >= 15 is 0 Å². The zero-order chi connectivity index (χ0) is 15.4. The van der Waals surface area contributed by atoms with Gasteiger partial charge in [0.15, 0.2) is 0 Å². The Morgan fingerprint density at radius 1 is 0.591 bits per heavy atom. The molecule has 0 heterocycles. The second-order valence-corrected chi connectivity index (χ2v) is 4.84. The molecular formula is C18H14N2O2. The van der Waals surface area contributed by atoms with Gasteiger partial charge in [0, 0.05) is 11.1 Å². The molecule has 22 heavy (non-hydrogen) atoms. The van der Waals surface area contributed by atoms with E-state index in [1.165, 1.54) is 0 Å². The van der Waals surface area contributed by atoms with Crippen LogP contribution in [0.2, 0.25) is 0 Å². The van der Waals surface area contributed by atoms with Crippen molar-refractivity contribution in [2.24, 2.45) is 0 Å². The maximum Gasteiger partial charge on any atom is 0.269 e. The van der Waals surface area contributed by atoms with E-state index in [-0.39, 0.29) is 11.8 Å². The standard InChI is InChI=1S/C18H14N2O2/c21-17(14-7-2-1-3-8-14)19-20-18(22)16-11-10-13-6-4-5-9-15(13)12-16/h1-12H,(H,19,21)(H,20,22). The lowest BCUT2D eigenvalue weighted by Crippen LogP contribution is -2.41. The Morgan fingerprint density at radius 3 is 1.91 bits per heavy atom. The number of hydrogen-bond donors (Lipinski definition) is 2. The number of amides is 2. The number of hydrogen-bond acceptors (Lipinski definition) is 2. The number of benzene rings is 3. The SMILES string of the molecule is O=C(NNC(=O)c1ccc2ccccc2c1)c1ccccc1. The molecule has 0 aliphatic rings. The first-order valence-electron chi connectivity index (χ1n) is 6.88. The van der Waals surface area contributed by atoms with Crippen molar-refractivity contribution in [1.29, 1.82) is 0 Å². The maximum absolute atomic E-state index is 12.1. The molecule has 0 atom stereocenters. The van der Waals surface area contributed by atoms with Gasteiger partial charge in [0.2, 0.25) is 0 Å². The van der Waals surface area contributed by atoms with Crippen LogP contribution >= 0.6 is 0 Å². The number of carbonyl (C=O) groups is 2. The summed E-state index contributed by atoms with van der Waals surface area (Å²) in [5, 5.41) is 2.04. The lowest BCUT2D eigenvalue weighted by molar-refractivity contribution is 0.0847. The van der Waals surface area contributed by atoms with E-state index < -0.39 is 0 Å². The molecule has 0 bridgehead atoms. The van der Waals surface area contributed by atoms with Crippen LogP contribution in [0.3, 0.4) is 0 Å². The van der Waals surface area contributed by atoms with E-state index in [0.29, 0.717) is 11.1 Å². The summed E-state index contributed by atoms with van der Waals surface area (Å²) < 4.78 is 0. The highest BCUT2D eigenvalue weighted by molar-refractivity contribution is 6.01. The quantitative estimate of drug-likeness (QED) is 0.713. The van der Waals surface area contributed by atoms with E-state index in [4.69, 9.17) is 0 Å². The highest BCUT2D eigenvalue weighted by atomic mass is 16.2. The van der Waals surface area contributed by atoms with Gasteiger partial charge in [0.05, 0.1) is 0 Å². The average Bonchev–Trinajstić information content (AvgIpc) is 2.59. The van der Waals surface area contributed by atoms with E-state index in [1.54, 1.807) is 36.4 Å². The zero-order valence-electron chi connectivity index (χ0n) is 11.7. The van der Waals surface area contributed by atoms with Gasteiger partial charge in [-0.2, -0.15) is 0 Å². The van der Waals surface area contributed by atoms with Crippen molar-refractivity contribution in [2.45, 2.75) is 0 Å². The molecule has 0 fully saturated rings. The molecule has 4 heteroatoms. The summed E-state index contributed by atoms with van der Waals surface area (Å²) in [7, 11) is 0. The Morgan fingerprint density at radius 2 is 1.18 bits per heavy atom. The number of nitrogens with one attached hydrogen (secondary N) is 2. The summed E-state index contributed by atoms with van der Waals surface area (Å²) in [5.74, 6) is -0.704. The van der Waals surface area contributed by atoms with Crippen LogP contribution in [-0.2, 0) is 0 Å². The summed E-state index contributed by atoms with van der Waals surface area (Å²) in [5.41, 5.74) is 5.81. The summed E-state index contributed by atoms with van der Waals surface area (Å²) >= 11 is 0. The Hall–Kier alpha value is -3.14. The number of hydrazine groups is 1. The van der Waals surface area contributed by atoms with Gasteiger partial charge >= 0.3 is 0 Å². The van der Waals surface area contributed by atoms with Gasteiger partial charge in [-0.15, -0.1) is 0 Å². The molecule has 4 nitrogen and oxygen atoms in total. The van der Waals surface area contributed by atoms with Crippen LogP contribution < -0.4 is 10.9 Å². The largest absolute Gasteiger partial charge is 0.269 e. The Kier molecular flexibility index (Phi) is 3.83. The molecule has 0 radical (unpaired) electrons. The van der Waals surface area contributed by atoms with Gasteiger partial charge in [0.1, 0.15) is 0 Å². The lowest BCUT2D eigenvalue weighted by atomic mass is 10.1. The monoisotopic (exact) mass is 290 g/mol. The summed E-state index contributed by atoms with van der Waals surface area (Å²) in [4.78, 5) is 24.0. The van der Waals surface area contributed by atoms with Gasteiger partial charge in [-0.3, -0.25) is 20.4 Å². The fourth-order valence-electron chi connectivity index (χ4n) is 2.18. The molecular weight excluding hydrogens is 276 g/mol. The van der Waals surface area contributed by atoms with Crippen molar-refractivity contribution in [3.8, 4) is 0 Å². The van der Waals surface area contributed by atoms with Crippen molar-refractivity contribution >= 4 is 22.6 Å². The highest BCUT2D eigenvalue weighted by Crippen LogP contribution is 2.15. The van der Waals surface area contributed by atoms with E-state index in [0.717, 1.165) is 10.8 Å². The molecule has 0 aromatic heterocycles. The maximum atomic E-state index is 12.1. The molecule has 0 saturated carbocycles. The van der Waals surface area contributed by atoms with Crippen molar-refractivity contribution in [3.05, 3.63) is 83.9 Å². The number of carbonyl (C=O) groups excluding carboxylic acids is 2. The van der Waals surface area contributed by atoms with Crippen LogP contribution in [0.25, 0.3) is 10.8 Å². The summed E-state index contributed by atoms with van der Waals surface area (Å²) in [6.07, 6.45) is 0. The number of rotatable bonds is 2. The van der Waals surface area contributed by atoms with Gasteiger partial charge < -0.3 is 0 Å². The van der Waals surface area contributed by atoms with Crippen LogP contribution in [0, 0.1) is 0 Å². The van der Waals surface area contributed by atoms with Crippen molar-refractivity contribution < 1.29 is 9.59 Å². The molecule has 3 aromatic rings. The summed E-state index contributed by atoms with van der Waals surface area (Å²) in [6, 6.07) is 21.9. The van der Waals surface area contributed by atoms with Crippen molar-refractivity contribution in [2.75, 3.05) is 0 Å². The topological polar surface area (TPSA) is 58.2 Å². The van der Waals surface area contributed by atoms with Gasteiger partial charge in [-0.05, 0) is 35.0 Å². The van der Waals surface area contributed by atoms with Crippen LogP contribution in [-0.4, -0.2) is 11.8 Å². The molecule has 0 aliphatic carbocycles. The Balaban J connectivity index is 1.69. The second kappa shape index (κ2) is 6.10. The second-order valence-electron chi connectivity index (χ2n) is 4.84. The molecule has 3 aromatic carbocycles. The molecule has 0 saturated heterocycles. The fraction of sp³-hybridized carbons (Fsp3) is 0. The molecule has 0 unspecified atom stereocenters. The van der Waals surface area contributed by atoms with Crippen LogP contribution in [0.15, 0.2) is 72.8 Å². The van der Waals surface area contributed by atoms with Crippen LogP contribution in [0.5, 0.6) is 0 Å². The molecule has 3 rings (SSSR count). The van der Waals surface area contributed by atoms with Gasteiger partial charge in [0.25, 0.3) is 11.8 Å². The average molecular weight is 290 g/mol. The number of fused-ring (bicyclic) bond motifs is 1. The normalized spacial score (nSPS) is 10.2. The molecule has 2 amide bonds. The van der Waals surface area contributed by atoms with Crippen molar-refractivity contribution in [1.82, 2.24) is 10.9 Å². The van der Waals surface area contributed by atoms with E-state index in [2.05, 4.69) is 10.9 Å². The third-order valence-corrected chi connectivity index (χ3v) is 3.34. The molecule has 0 spiro atoms. The van der Waals surface area contributed by atoms with Gasteiger partial charge in [-0.25, -0.2) is 0 Å². The minimum absolute atomic E-state index is 0.352. The third-order valence-electron chi connectivity index (χ3n) is 3.34. The first kappa shape index (κ1) is 13.8. The van der Waals surface area contributed by atoms with Crippen LogP contribution in [0.1, 0.15) is 20.7 Å².